The molecule has 0 radical (unpaired) electrons. The fourth-order valence-corrected chi connectivity index (χ4v) is 3.43. The summed E-state index contributed by atoms with van der Waals surface area (Å²) in [7, 11) is 0. The van der Waals surface area contributed by atoms with E-state index in [2.05, 4.69) is 15.3 Å². The number of carbonyl (C=O) groups is 2. The molecule has 4 rings (SSSR count). The number of carbonyl (C=O) groups excluding carboxylic acids is 2. The molecule has 1 aliphatic rings. The first-order valence-electron chi connectivity index (χ1n) is 9.11. The number of hydrogen-bond acceptors (Lipinski definition) is 3. The molecule has 1 saturated heterocycles. The molecule has 29 heavy (non-hydrogen) atoms. The second kappa shape index (κ2) is 7.57. The smallest absolute Gasteiger partial charge is 0.256 e. The summed E-state index contributed by atoms with van der Waals surface area (Å²) in [4.78, 5) is 33.3. The van der Waals surface area contributed by atoms with Gasteiger partial charge in [-0.1, -0.05) is 0 Å². The zero-order chi connectivity index (χ0) is 20.5. The van der Waals surface area contributed by atoms with Crippen LogP contribution in [0.15, 0.2) is 36.7 Å². The topological polar surface area (TPSA) is 78.1 Å². The summed E-state index contributed by atoms with van der Waals surface area (Å²) in [6.45, 7) is 0.531. The lowest BCUT2D eigenvalue weighted by Crippen LogP contribution is -2.46. The van der Waals surface area contributed by atoms with Gasteiger partial charge in [-0.25, -0.2) is 18.2 Å². The Morgan fingerprint density at radius 3 is 2.59 bits per heavy atom. The molecular formula is C20H17F3N4O2. The van der Waals surface area contributed by atoms with Gasteiger partial charge in [0.1, 0.15) is 0 Å². The van der Waals surface area contributed by atoms with Crippen LogP contribution in [0.25, 0.3) is 11.0 Å². The fraction of sp³-hybridized carbons (Fsp3) is 0.250. The summed E-state index contributed by atoms with van der Waals surface area (Å²) >= 11 is 0. The number of hydrogen-bond donors (Lipinski definition) is 2. The number of aromatic amines is 1. The van der Waals surface area contributed by atoms with E-state index in [1.54, 1.807) is 24.5 Å². The molecule has 2 heterocycles. The molecule has 0 unspecified atom stereocenters. The molecule has 150 valence electrons. The highest BCUT2D eigenvalue weighted by atomic mass is 19.2. The van der Waals surface area contributed by atoms with Crippen LogP contribution < -0.4 is 5.32 Å². The molecule has 0 saturated carbocycles. The predicted octanol–water partition coefficient (Wildman–Crippen LogP) is 3.01. The lowest BCUT2D eigenvalue weighted by Gasteiger charge is -2.32. The third kappa shape index (κ3) is 3.67. The first-order chi connectivity index (χ1) is 13.9. The molecule has 6 nitrogen and oxygen atoms in total. The van der Waals surface area contributed by atoms with E-state index >= 15 is 0 Å². The maximum absolute atomic E-state index is 13.9. The van der Waals surface area contributed by atoms with Crippen LogP contribution >= 0.6 is 0 Å². The average molecular weight is 402 g/mol. The minimum atomic E-state index is -1.66. The maximum atomic E-state index is 13.9. The number of benzene rings is 2. The molecule has 0 atom stereocenters. The number of rotatable bonds is 3. The lowest BCUT2D eigenvalue weighted by atomic mass is 10.0. The molecule has 3 aromatic rings. The summed E-state index contributed by atoms with van der Waals surface area (Å²) < 4.78 is 40.3. The van der Waals surface area contributed by atoms with E-state index < -0.39 is 28.9 Å². The number of imidazole rings is 1. The van der Waals surface area contributed by atoms with Crippen molar-refractivity contribution in [3.63, 3.8) is 0 Å². The number of amides is 2. The number of H-pyrrole nitrogens is 1. The van der Waals surface area contributed by atoms with Crippen LogP contribution in [0.2, 0.25) is 0 Å². The zero-order valence-electron chi connectivity index (χ0n) is 15.2. The Bertz CT molecular complexity index is 1090. The Balaban J connectivity index is 1.37. The minimum Gasteiger partial charge on any atom is -0.349 e. The molecule has 1 aromatic heterocycles. The first kappa shape index (κ1) is 19.0. The van der Waals surface area contributed by atoms with Gasteiger partial charge in [0.05, 0.1) is 22.9 Å². The van der Waals surface area contributed by atoms with E-state index in [1.165, 1.54) is 4.90 Å². The number of piperidine rings is 1. The van der Waals surface area contributed by atoms with Gasteiger partial charge in [0, 0.05) is 24.7 Å². The Morgan fingerprint density at radius 1 is 1.07 bits per heavy atom. The summed E-state index contributed by atoms with van der Waals surface area (Å²) in [6.07, 6.45) is 2.49. The number of halogens is 3. The van der Waals surface area contributed by atoms with Crippen molar-refractivity contribution >= 4 is 22.8 Å². The normalized spacial score (nSPS) is 14.9. The van der Waals surface area contributed by atoms with E-state index in [1.807, 2.05) is 0 Å². The van der Waals surface area contributed by atoms with E-state index in [9.17, 15) is 22.8 Å². The molecule has 1 fully saturated rings. The highest BCUT2D eigenvalue weighted by Gasteiger charge is 2.28. The lowest BCUT2D eigenvalue weighted by molar-refractivity contribution is 0.0692. The quantitative estimate of drug-likeness (QED) is 0.661. The minimum absolute atomic E-state index is 0.154. The largest absolute Gasteiger partial charge is 0.349 e. The van der Waals surface area contributed by atoms with Crippen molar-refractivity contribution in [3.8, 4) is 0 Å². The van der Waals surface area contributed by atoms with Crippen LogP contribution in [0.3, 0.4) is 0 Å². The molecule has 9 heteroatoms. The zero-order valence-corrected chi connectivity index (χ0v) is 15.2. The summed E-state index contributed by atoms with van der Waals surface area (Å²) in [5.41, 5.74) is 1.51. The number of likely N-dealkylation sites (tertiary alicyclic amines) is 1. The van der Waals surface area contributed by atoms with Gasteiger partial charge in [-0.2, -0.15) is 0 Å². The van der Waals surface area contributed by atoms with Crippen LogP contribution in [-0.4, -0.2) is 45.8 Å². The van der Waals surface area contributed by atoms with Crippen molar-refractivity contribution in [1.29, 1.82) is 0 Å². The van der Waals surface area contributed by atoms with Crippen LogP contribution in [0.1, 0.15) is 33.6 Å². The van der Waals surface area contributed by atoms with Crippen LogP contribution in [0, 0.1) is 17.5 Å². The van der Waals surface area contributed by atoms with Gasteiger partial charge in [-0.05, 0) is 43.2 Å². The van der Waals surface area contributed by atoms with Crippen molar-refractivity contribution in [3.05, 3.63) is 65.2 Å². The molecular weight excluding hydrogens is 385 g/mol. The summed E-state index contributed by atoms with van der Waals surface area (Å²) in [6, 6.07) is 6.66. The Hall–Kier alpha value is -3.36. The van der Waals surface area contributed by atoms with Crippen LogP contribution in [0.4, 0.5) is 13.2 Å². The first-order valence-corrected chi connectivity index (χ1v) is 9.11. The molecule has 2 aromatic carbocycles. The Kier molecular flexibility index (Phi) is 4.96. The standard InChI is InChI=1S/C20H17F3N4O2/c21-14-3-2-13(17(22)18(14)23)20(29)27-7-5-12(6-8-27)26-19(28)11-1-4-15-16(9-11)25-10-24-15/h1-4,9-10,12H,5-8H2,(H,24,25)(H,26,28). The monoisotopic (exact) mass is 402 g/mol. The fourth-order valence-electron chi connectivity index (χ4n) is 3.43. The van der Waals surface area contributed by atoms with E-state index in [0.717, 1.165) is 23.2 Å². The second-order valence-electron chi connectivity index (χ2n) is 6.90. The summed E-state index contributed by atoms with van der Waals surface area (Å²) in [5.74, 6) is -5.42. The molecule has 0 aliphatic carbocycles. The van der Waals surface area contributed by atoms with Gasteiger partial charge >= 0.3 is 0 Å². The third-order valence-corrected chi connectivity index (χ3v) is 5.07. The average Bonchev–Trinajstić information content (AvgIpc) is 3.20. The second-order valence-corrected chi connectivity index (χ2v) is 6.90. The van der Waals surface area contributed by atoms with Crippen LogP contribution in [0.5, 0.6) is 0 Å². The molecule has 0 spiro atoms. The van der Waals surface area contributed by atoms with Crippen molar-refractivity contribution in [1.82, 2.24) is 20.2 Å². The number of nitrogens with one attached hydrogen (secondary N) is 2. The van der Waals surface area contributed by atoms with Gasteiger partial charge in [0.2, 0.25) is 0 Å². The van der Waals surface area contributed by atoms with E-state index in [4.69, 9.17) is 0 Å². The number of aromatic nitrogens is 2. The van der Waals surface area contributed by atoms with Gasteiger partial charge in [0.25, 0.3) is 11.8 Å². The van der Waals surface area contributed by atoms with Gasteiger partial charge < -0.3 is 15.2 Å². The third-order valence-electron chi connectivity index (χ3n) is 5.07. The van der Waals surface area contributed by atoms with Gasteiger partial charge in [-0.15, -0.1) is 0 Å². The number of fused-ring (bicyclic) bond motifs is 1. The van der Waals surface area contributed by atoms with Gasteiger partial charge in [-0.3, -0.25) is 9.59 Å². The van der Waals surface area contributed by atoms with Crippen molar-refractivity contribution in [2.24, 2.45) is 0 Å². The molecule has 2 amide bonds. The van der Waals surface area contributed by atoms with Crippen molar-refractivity contribution in [2.45, 2.75) is 18.9 Å². The van der Waals surface area contributed by atoms with E-state index in [0.29, 0.717) is 18.4 Å². The van der Waals surface area contributed by atoms with Crippen molar-refractivity contribution < 1.29 is 22.8 Å². The molecule has 1 aliphatic heterocycles. The summed E-state index contributed by atoms with van der Waals surface area (Å²) in [5, 5.41) is 2.92. The Labute approximate surface area is 163 Å². The predicted molar refractivity (Wildman–Crippen MR) is 98.8 cm³/mol. The van der Waals surface area contributed by atoms with Crippen LogP contribution in [-0.2, 0) is 0 Å². The van der Waals surface area contributed by atoms with Gasteiger partial charge in [0.15, 0.2) is 17.5 Å². The SMILES string of the molecule is O=C(NC1CCN(C(=O)c2ccc(F)c(F)c2F)CC1)c1ccc2nc[nH]c2c1. The Morgan fingerprint density at radius 2 is 1.83 bits per heavy atom. The molecule has 0 bridgehead atoms. The highest BCUT2D eigenvalue weighted by molar-refractivity contribution is 5.97. The van der Waals surface area contributed by atoms with E-state index in [-0.39, 0.29) is 25.0 Å². The highest BCUT2D eigenvalue weighted by Crippen LogP contribution is 2.20. The number of nitrogens with zero attached hydrogens (tertiary/aromatic N) is 2. The maximum Gasteiger partial charge on any atom is 0.256 e. The van der Waals surface area contributed by atoms with Crippen molar-refractivity contribution in [2.75, 3.05) is 13.1 Å². The molecule has 2 N–H and O–H groups in total.